The fourth-order valence-electron chi connectivity index (χ4n) is 1.84. The Morgan fingerprint density at radius 3 is 2.82 bits per heavy atom. The number of benzene rings is 1. The molecule has 92 valence electrons. The molecule has 0 fully saturated rings. The summed E-state index contributed by atoms with van der Waals surface area (Å²) in [5, 5.41) is 0. The fraction of sp³-hybridized carbons (Fsp3) is 0.462. The van der Waals surface area contributed by atoms with Crippen molar-refractivity contribution in [3.05, 3.63) is 29.6 Å². The summed E-state index contributed by atoms with van der Waals surface area (Å²) in [6, 6.07) is 6.03. The van der Waals surface area contributed by atoms with Gasteiger partial charge in [0.2, 0.25) is 0 Å². The molecule has 0 aliphatic rings. The number of hydrogen-bond donors (Lipinski definition) is 2. The van der Waals surface area contributed by atoms with E-state index < -0.39 is 0 Å². The Bertz CT molecular complexity index is 514. The summed E-state index contributed by atoms with van der Waals surface area (Å²) in [6.45, 7) is 4.66. The second kappa shape index (κ2) is 4.47. The van der Waals surface area contributed by atoms with E-state index in [1.807, 2.05) is 25.1 Å². The lowest BCUT2D eigenvalue weighted by Gasteiger charge is -2.23. The lowest BCUT2D eigenvalue weighted by molar-refractivity contribution is -0.00803. The maximum Gasteiger partial charge on any atom is 0.139 e. The number of fused-ring (bicyclic) bond motifs is 1. The van der Waals surface area contributed by atoms with Crippen LogP contribution >= 0.6 is 0 Å². The third-order valence-corrected chi connectivity index (χ3v) is 3.41. The normalized spacial score (nSPS) is 15.1. The van der Waals surface area contributed by atoms with Gasteiger partial charge < -0.3 is 15.5 Å². The zero-order valence-corrected chi connectivity index (χ0v) is 10.6. The van der Waals surface area contributed by atoms with Crippen LogP contribution in [0.15, 0.2) is 18.2 Å². The van der Waals surface area contributed by atoms with E-state index in [9.17, 15) is 0 Å². The van der Waals surface area contributed by atoms with Crippen LogP contribution in [0.25, 0.3) is 11.0 Å². The molecular weight excluding hydrogens is 214 g/mol. The monoisotopic (exact) mass is 233 g/mol. The highest BCUT2D eigenvalue weighted by atomic mass is 16.5. The van der Waals surface area contributed by atoms with E-state index in [0.717, 1.165) is 28.8 Å². The number of H-pyrrole nitrogens is 1. The Balaban J connectivity index is 2.50. The Morgan fingerprint density at radius 2 is 2.24 bits per heavy atom. The maximum atomic E-state index is 5.63. The Morgan fingerprint density at radius 1 is 1.47 bits per heavy atom. The number of ether oxygens (including phenoxy) is 1. The molecule has 1 atom stereocenters. The summed E-state index contributed by atoms with van der Waals surface area (Å²) in [5.41, 5.74) is 8.33. The Hall–Kier alpha value is -1.39. The molecule has 3 N–H and O–H groups in total. The second-order valence-corrected chi connectivity index (χ2v) is 4.43. The zero-order valence-electron chi connectivity index (χ0n) is 10.6. The lowest BCUT2D eigenvalue weighted by Crippen LogP contribution is -2.24. The SMILES string of the molecule is CCC(C)(OC)c1nc2ccc(CN)cc2[nH]1. The van der Waals surface area contributed by atoms with Gasteiger partial charge in [0, 0.05) is 13.7 Å². The number of nitrogens with zero attached hydrogens (tertiary/aromatic N) is 1. The molecule has 0 aliphatic heterocycles. The van der Waals surface area contributed by atoms with Crippen LogP contribution in [0.5, 0.6) is 0 Å². The molecule has 4 heteroatoms. The first kappa shape index (κ1) is 12.1. The molecule has 1 heterocycles. The first-order chi connectivity index (χ1) is 8.12. The van der Waals surface area contributed by atoms with E-state index in [1.165, 1.54) is 0 Å². The van der Waals surface area contributed by atoms with E-state index in [1.54, 1.807) is 7.11 Å². The molecule has 0 spiro atoms. The largest absolute Gasteiger partial charge is 0.371 e. The summed E-state index contributed by atoms with van der Waals surface area (Å²) in [5.74, 6) is 0.867. The molecule has 1 aromatic heterocycles. The number of methoxy groups -OCH3 is 1. The molecule has 4 nitrogen and oxygen atoms in total. The lowest BCUT2D eigenvalue weighted by atomic mass is 10.0. The standard InChI is InChI=1S/C13H19N3O/c1-4-13(2,17-3)12-15-10-6-5-9(8-14)7-11(10)16-12/h5-7H,4,8,14H2,1-3H3,(H,15,16). The predicted octanol–water partition coefficient (Wildman–Crippen LogP) is 2.29. The highest BCUT2D eigenvalue weighted by molar-refractivity contribution is 5.76. The summed E-state index contributed by atoms with van der Waals surface area (Å²) in [6.07, 6.45) is 0.868. The van der Waals surface area contributed by atoms with Crippen molar-refractivity contribution in [2.45, 2.75) is 32.4 Å². The van der Waals surface area contributed by atoms with Crippen molar-refractivity contribution >= 4 is 11.0 Å². The van der Waals surface area contributed by atoms with Crippen LogP contribution in [0.2, 0.25) is 0 Å². The molecule has 0 saturated carbocycles. The highest BCUT2D eigenvalue weighted by Gasteiger charge is 2.27. The minimum absolute atomic E-state index is 0.359. The smallest absolute Gasteiger partial charge is 0.139 e. The van der Waals surface area contributed by atoms with Gasteiger partial charge in [0.15, 0.2) is 0 Å². The highest BCUT2D eigenvalue weighted by Crippen LogP contribution is 2.27. The van der Waals surface area contributed by atoms with Gasteiger partial charge >= 0.3 is 0 Å². The van der Waals surface area contributed by atoms with Crippen molar-refractivity contribution in [2.75, 3.05) is 7.11 Å². The van der Waals surface area contributed by atoms with Crippen LogP contribution in [0, 0.1) is 0 Å². The molecule has 0 amide bonds. The summed E-state index contributed by atoms with van der Waals surface area (Å²) >= 11 is 0. The van der Waals surface area contributed by atoms with E-state index in [2.05, 4.69) is 16.9 Å². The number of nitrogens with two attached hydrogens (primary N) is 1. The average Bonchev–Trinajstić information content (AvgIpc) is 2.80. The van der Waals surface area contributed by atoms with Crippen molar-refractivity contribution < 1.29 is 4.74 Å². The quantitative estimate of drug-likeness (QED) is 0.851. The van der Waals surface area contributed by atoms with Gasteiger partial charge in [-0.1, -0.05) is 13.0 Å². The number of aromatic nitrogens is 2. The molecule has 0 radical (unpaired) electrons. The van der Waals surface area contributed by atoms with Crippen LogP contribution < -0.4 is 5.73 Å². The minimum atomic E-state index is -0.359. The van der Waals surface area contributed by atoms with Crippen molar-refractivity contribution in [1.29, 1.82) is 0 Å². The number of hydrogen-bond acceptors (Lipinski definition) is 3. The molecule has 0 bridgehead atoms. The van der Waals surface area contributed by atoms with Crippen LogP contribution in [0.4, 0.5) is 0 Å². The number of nitrogens with one attached hydrogen (secondary N) is 1. The van der Waals surface area contributed by atoms with Crippen molar-refractivity contribution in [2.24, 2.45) is 5.73 Å². The third-order valence-electron chi connectivity index (χ3n) is 3.41. The van der Waals surface area contributed by atoms with Crippen LogP contribution in [0.3, 0.4) is 0 Å². The fourth-order valence-corrected chi connectivity index (χ4v) is 1.84. The Kier molecular flexibility index (Phi) is 3.17. The van der Waals surface area contributed by atoms with E-state index in [4.69, 9.17) is 10.5 Å². The first-order valence-corrected chi connectivity index (χ1v) is 5.87. The maximum absolute atomic E-state index is 5.63. The topological polar surface area (TPSA) is 63.9 Å². The van der Waals surface area contributed by atoms with Gasteiger partial charge in [-0.05, 0) is 31.0 Å². The molecule has 17 heavy (non-hydrogen) atoms. The van der Waals surface area contributed by atoms with Crippen LogP contribution in [0.1, 0.15) is 31.7 Å². The molecule has 0 aliphatic carbocycles. The molecule has 0 saturated heterocycles. The summed E-state index contributed by atoms with van der Waals surface area (Å²) in [7, 11) is 1.71. The average molecular weight is 233 g/mol. The van der Waals surface area contributed by atoms with Gasteiger partial charge in [0.05, 0.1) is 11.0 Å². The number of imidazole rings is 1. The van der Waals surface area contributed by atoms with E-state index in [0.29, 0.717) is 6.54 Å². The minimum Gasteiger partial charge on any atom is -0.371 e. The zero-order chi connectivity index (χ0) is 12.5. The molecule has 2 aromatic rings. The van der Waals surface area contributed by atoms with Crippen molar-refractivity contribution in [3.63, 3.8) is 0 Å². The Labute approximate surface area is 101 Å². The second-order valence-electron chi connectivity index (χ2n) is 4.43. The number of rotatable bonds is 4. The van der Waals surface area contributed by atoms with Gasteiger partial charge in [-0.2, -0.15) is 0 Å². The molecule has 1 aromatic carbocycles. The number of aromatic amines is 1. The molecular formula is C13H19N3O. The molecule has 2 rings (SSSR count). The van der Waals surface area contributed by atoms with Crippen LogP contribution in [-0.2, 0) is 16.9 Å². The summed E-state index contributed by atoms with van der Waals surface area (Å²) in [4.78, 5) is 7.90. The third kappa shape index (κ3) is 2.06. The van der Waals surface area contributed by atoms with Gasteiger partial charge in [-0.15, -0.1) is 0 Å². The van der Waals surface area contributed by atoms with E-state index >= 15 is 0 Å². The van der Waals surface area contributed by atoms with Gasteiger partial charge in [0.25, 0.3) is 0 Å². The van der Waals surface area contributed by atoms with Gasteiger partial charge in [-0.3, -0.25) is 0 Å². The van der Waals surface area contributed by atoms with Crippen molar-refractivity contribution in [3.8, 4) is 0 Å². The van der Waals surface area contributed by atoms with Crippen LogP contribution in [-0.4, -0.2) is 17.1 Å². The first-order valence-electron chi connectivity index (χ1n) is 5.87. The van der Waals surface area contributed by atoms with E-state index in [-0.39, 0.29) is 5.60 Å². The predicted molar refractivity (Wildman–Crippen MR) is 68.6 cm³/mol. The molecule has 1 unspecified atom stereocenters. The summed E-state index contributed by atoms with van der Waals surface area (Å²) < 4.78 is 5.54. The van der Waals surface area contributed by atoms with Gasteiger partial charge in [0.1, 0.15) is 11.4 Å². The van der Waals surface area contributed by atoms with Gasteiger partial charge in [-0.25, -0.2) is 4.98 Å². The van der Waals surface area contributed by atoms with Crippen molar-refractivity contribution in [1.82, 2.24) is 9.97 Å².